The summed E-state index contributed by atoms with van der Waals surface area (Å²) in [5, 5.41) is 17.0. The van der Waals surface area contributed by atoms with Crippen LogP contribution in [0.2, 0.25) is 0 Å². The average Bonchev–Trinajstić information content (AvgIpc) is 1.84. The Bertz CT molecular complexity index is 93.2. The molecular formula is C6H9O2. The fourth-order valence-electron chi connectivity index (χ4n) is 0.242. The number of aliphatic hydroxyl groups is 2. The van der Waals surface area contributed by atoms with Crippen molar-refractivity contribution in [3.05, 3.63) is 6.42 Å². The van der Waals surface area contributed by atoms with Crippen LogP contribution in [0.15, 0.2) is 0 Å². The van der Waals surface area contributed by atoms with E-state index in [-0.39, 0.29) is 12.5 Å². The molecule has 8 heavy (non-hydrogen) atoms. The van der Waals surface area contributed by atoms with Crippen LogP contribution in [0.25, 0.3) is 0 Å². The maximum absolute atomic E-state index is 8.67. The van der Waals surface area contributed by atoms with Crippen LogP contribution in [-0.4, -0.2) is 22.9 Å². The zero-order chi connectivity index (χ0) is 6.57. The van der Waals surface area contributed by atoms with E-state index < -0.39 is 6.10 Å². The third kappa shape index (κ3) is 1.97. The summed E-state index contributed by atoms with van der Waals surface area (Å²) in [5.41, 5.74) is 0. The SMILES string of the molecule is [C]#CC(O)C(C)CO. The molecule has 2 N–H and O–H groups in total. The first kappa shape index (κ1) is 7.48. The third-order valence-electron chi connectivity index (χ3n) is 0.975. The number of rotatable bonds is 2. The first-order valence-corrected chi connectivity index (χ1v) is 2.43. The Morgan fingerprint density at radius 1 is 1.75 bits per heavy atom. The van der Waals surface area contributed by atoms with Crippen molar-refractivity contribution in [1.82, 2.24) is 0 Å². The molecule has 2 atom stereocenters. The van der Waals surface area contributed by atoms with E-state index >= 15 is 0 Å². The molecule has 0 aliphatic rings. The van der Waals surface area contributed by atoms with E-state index in [1.807, 2.05) is 5.92 Å². The molecule has 0 aliphatic heterocycles. The molecule has 0 bridgehead atoms. The maximum atomic E-state index is 8.67. The van der Waals surface area contributed by atoms with Crippen LogP contribution in [0.1, 0.15) is 6.92 Å². The van der Waals surface area contributed by atoms with Gasteiger partial charge in [-0.2, -0.15) is 0 Å². The lowest BCUT2D eigenvalue weighted by atomic mass is 10.1. The number of hydrogen-bond acceptors (Lipinski definition) is 2. The molecule has 2 nitrogen and oxygen atoms in total. The van der Waals surface area contributed by atoms with Gasteiger partial charge in [0.15, 0.2) is 0 Å². The highest BCUT2D eigenvalue weighted by Gasteiger charge is 2.07. The predicted molar refractivity (Wildman–Crippen MR) is 29.4 cm³/mol. The fourth-order valence-corrected chi connectivity index (χ4v) is 0.242. The van der Waals surface area contributed by atoms with Gasteiger partial charge < -0.3 is 10.2 Å². The summed E-state index contributed by atoms with van der Waals surface area (Å²) >= 11 is 0. The second kappa shape index (κ2) is 3.48. The van der Waals surface area contributed by atoms with E-state index in [0.29, 0.717) is 0 Å². The molecule has 0 heterocycles. The Labute approximate surface area is 49.2 Å². The second-order valence-corrected chi connectivity index (χ2v) is 1.75. The van der Waals surface area contributed by atoms with Crippen molar-refractivity contribution >= 4 is 0 Å². The molecular weight excluding hydrogens is 104 g/mol. The lowest BCUT2D eigenvalue weighted by molar-refractivity contribution is 0.118. The Kier molecular flexibility index (Phi) is 3.25. The highest BCUT2D eigenvalue weighted by molar-refractivity contribution is 4.89. The molecule has 0 fully saturated rings. The van der Waals surface area contributed by atoms with Gasteiger partial charge in [-0.25, -0.2) is 0 Å². The van der Waals surface area contributed by atoms with Crippen molar-refractivity contribution in [2.45, 2.75) is 13.0 Å². The van der Waals surface area contributed by atoms with Crippen LogP contribution >= 0.6 is 0 Å². The Balaban J connectivity index is 3.49. The summed E-state index contributed by atoms with van der Waals surface area (Å²) in [5.74, 6) is 1.59. The van der Waals surface area contributed by atoms with Gasteiger partial charge in [0.1, 0.15) is 6.10 Å². The average molecular weight is 113 g/mol. The molecule has 0 aromatic carbocycles. The van der Waals surface area contributed by atoms with E-state index in [2.05, 4.69) is 0 Å². The largest absolute Gasteiger partial charge is 0.396 e. The molecule has 2 unspecified atom stereocenters. The molecule has 2 heteroatoms. The van der Waals surface area contributed by atoms with E-state index in [9.17, 15) is 0 Å². The molecule has 0 rings (SSSR count). The molecule has 0 aromatic heterocycles. The lowest BCUT2D eigenvalue weighted by Gasteiger charge is -2.07. The van der Waals surface area contributed by atoms with E-state index in [4.69, 9.17) is 16.6 Å². The van der Waals surface area contributed by atoms with Gasteiger partial charge in [-0.1, -0.05) is 12.8 Å². The minimum Gasteiger partial charge on any atom is -0.396 e. The topological polar surface area (TPSA) is 40.5 Å². The molecule has 1 radical (unpaired) electrons. The van der Waals surface area contributed by atoms with E-state index in [1.54, 1.807) is 6.92 Å². The Hall–Kier alpha value is -0.520. The van der Waals surface area contributed by atoms with Gasteiger partial charge in [0.25, 0.3) is 0 Å². The highest BCUT2D eigenvalue weighted by atomic mass is 16.3. The zero-order valence-electron chi connectivity index (χ0n) is 4.76. The van der Waals surface area contributed by atoms with Gasteiger partial charge in [0.2, 0.25) is 0 Å². The van der Waals surface area contributed by atoms with Crippen LogP contribution in [0.3, 0.4) is 0 Å². The van der Waals surface area contributed by atoms with E-state index in [0.717, 1.165) is 0 Å². The molecule has 0 saturated heterocycles. The van der Waals surface area contributed by atoms with Crippen molar-refractivity contribution in [3.8, 4) is 5.92 Å². The highest BCUT2D eigenvalue weighted by Crippen LogP contribution is 1.98. The molecule has 0 amide bonds. The van der Waals surface area contributed by atoms with Crippen LogP contribution in [-0.2, 0) is 0 Å². The number of aliphatic hydroxyl groups excluding tert-OH is 2. The van der Waals surface area contributed by atoms with E-state index in [1.165, 1.54) is 0 Å². The van der Waals surface area contributed by atoms with Crippen LogP contribution in [0.4, 0.5) is 0 Å². The monoisotopic (exact) mass is 113 g/mol. The Morgan fingerprint density at radius 3 is 2.38 bits per heavy atom. The number of hydrogen-bond donors (Lipinski definition) is 2. The zero-order valence-corrected chi connectivity index (χ0v) is 4.76. The van der Waals surface area contributed by atoms with Crippen molar-refractivity contribution in [3.63, 3.8) is 0 Å². The smallest absolute Gasteiger partial charge is 0.120 e. The van der Waals surface area contributed by atoms with Gasteiger partial charge in [-0.15, -0.1) is 0 Å². The third-order valence-corrected chi connectivity index (χ3v) is 0.975. The summed E-state index contributed by atoms with van der Waals surface area (Å²) < 4.78 is 0. The van der Waals surface area contributed by atoms with Gasteiger partial charge in [-0.3, -0.25) is 0 Å². The quantitative estimate of drug-likeness (QED) is 0.477. The standard InChI is InChI=1S/C6H9O2/c1-3-6(8)5(2)4-7/h5-8H,4H2,2H3. The predicted octanol–water partition coefficient (Wildman–Crippen LogP) is -0.435. The summed E-state index contributed by atoms with van der Waals surface area (Å²) in [4.78, 5) is 0. The summed E-state index contributed by atoms with van der Waals surface area (Å²) in [6.07, 6.45) is 5.51. The Morgan fingerprint density at radius 2 is 2.25 bits per heavy atom. The fraction of sp³-hybridized carbons (Fsp3) is 0.667. The first-order chi connectivity index (χ1) is 3.72. The van der Waals surface area contributed by atoms with Crippen molar-refractivity contribution in [2.75, 3.05) is 6.61 Å². The maximum Gasteiger partial charge on any atom is 0.120 e. The first-order valence-electron chi connectivity index (χ1n) is 2.43. The van der Waals surface area contributed by atoms with Crippen molar-refractivity contribution < 1.29 is 10.2 Å². The van der Waals surface area contributed by atoms with Gasteiger partial charge in [-0.05, 0) is 6.42 Å². The minimum absolute atomic E-state index is 0.104. The van der Waals surface area contributed by atoms with Crippen LogP contribution in [0.5, 0.6) is 0 Å². The van der Waals surface area contributed by atoms with Gasteiger partial charge in [0.05, 0.1) is 0 Å². The summed E-state index contributed by atoms with van der Waals surface area (Å²) in [6.45, 7) is 1.54. The van der Waals surface area contributed by atoms with Crippen LogP contribution in [0, 0.1) is 18.3 Å². The van der Waals surface area contributed by atoms with Gasteiger partial charge in [0, 0.05) is 12.5 Å². The molecule has 0 aromatic rings. The molecule has 0 spiro atoms. The van der Waals surface area contributed by atoms with Crippen molar-refractivity contribution in [1.29, 1.82) is 0 Å². The van der Waals surface area contributed by atoms with Gasteiger partial charge >= 0.3 is 0 Å². The molecule has 0 saturated carbocycles. The summed E-state index contributed by atoms with van der Waals surface area (Å²) in [7, 11) is 0. The second-order valence-electron chi connectivity index (χ2n) is 1.75. The summed E-state index contributed by atoms with van der Waals surface area (Å²) in [6, 6.07) is 0. The van der Waals surface area contributed by atoms with Crippen LogP contribution < -0.4 is 0 Å². The normalized spacial score (nSPS) is 16.8. The molecule has 45 valence electrons. The minimum atomic E-state index is -0.917. The molecule has 0 aliphatic carbocycles. The lowest BCUT2D eigenvalue weighted by Crippen LogP contribution is -2.18. The van der Waals surface area contributed by atoms with Crippen molar-refractivity contribution in [2.24, 2.45) is 5.92 Å².